The molecule has 0 aromatic rings. The lowest BCUT2D eigenvalue weighted by molar-refractivity contribution is -0.177. The van der Waals surface area contributed by atoms with Gasteiger partial charge in [-0.3, -0.25) is 10.3 Å². The average Bonchev–Trinajstić information content (AvgIpc) is 1.74. The monoisotopic (exact) mass is 199 g/mol. The van der Waals surface area contributed by atoms with E-state index >= 15 is 0 Å². The molecule has 0 aromatic heterocycles. The molecule has 3 N–H and O–H groups in total. The number of nitrogens with two attached hydrogens (primary N) is 1. The number of rotatable bonds is 2. The summed E-state index contributed by atoms with van der Waals surface area (Å²) in [6.45, 7) is 10.5. The lowest BCUT2D eigenvalue weighted by Gasteiger charge is -2.47. The molecule has 1 rings (SSSR count). The van der Waals surface area contributed by atoms with Gasteiger partial charge >= 0.3 is 0 Å². The van der Waals surface area contributed by atoms with Crippen molar-refractivity contribution < 1.29 is 4.74 Å². The first kappa shape index (κ1) is 11.5. The van der Waals surface area contributed by atoms with Crippen LogP contribution in [0, 0.1) is 5.41 Å². The Hall–Kier alpha value is -0.610. The minimum Gasteiger partial charge on any atom is -0.387 e. The zero-order valence-electron chi connectivity index (χ0n) is 9.55. The van der Waals surface area contributed by atoms with Crippen molar-refractivity contribution in [3.63, 3.8) is 0 Å². The summed E-state index contributed by atoms with van der Waals surface area (Å²) < 4.78 is 5.92. The summed E-state index contributed by atoms with van der Waals surface area (Å²) in [7, 11) is 0. The molecule has 0 saturated carbocycles. The van der Waals surface area contributed by atoms with E-state index in [2.05, 4.69) is 32.6 Å². The molecule has 14 heavy (non-hydrogen) atoms. The van der Waals surface area contributed by atoms with Crippen LogP contribution in [0.15, 0.2) is 0 Å². The number of amidine groups is 1. The number of morpholine rings is 1. The quantitative estimate of drug-likeness (QED) is 0.511. The molecule has 0 unspecified atom stereocenters. The Morgan fingerprint density at radius 3 is 2.07 bits per heavy atom. The Bertz CT molecular complexity index is 220. The lowest BCUT2D eigenvalue weighted by Crippen LogP contribution is -2.58. The van der Waals surface area contributed by atoms with Crippen molar-refractivity contribution in [1.29, 1.82) is 5.41 Å². The van der Waals surface area contributed by atoms with E-state index in [-0.39, 0.29) is 17.0 Å². The number of hydrogen-bond acceptors (Lipinski definition) is 3. The van der Waals surface area contributed by atoms with Crippen LogP contribution in [0.4, 0.5) is 0 Å². The standard InChI is InChI=1S/C10H21N3O/c1-9(2)6-13(5-8(11)12)7-10(3,4)14-9/h5-7H2,1-4H3,(H3,11,12). The van der Waals surface area contributed by atoms with E-state index in [0.717, 1.165) is 13.1 Å². The van der Waals surface area contributed by atoms with E-state index in [1.807, 2.05) is 0 Å². The van der Waals surface area contributed by atoms with Gasteiger partial charge in [-0.25, -0.2) is 0 Å². The fraction of sp³-hybridized carbons (Fsp3) is 0.900. The van der Waals surface area contributed by atoms with E-state index in [1.54, 1.807) is 0 Å². The maximum atomic E-state index is 7.28. The van der Waals surface area contributed by atoms with E-state index in [4.69, 9.17) is 15.9 Å². The van der Waals surface area contributed by atoms with Gasteiger partial charge in [0.1, 0.15) is 5.84 Å². The van der Waals surface area contributed by atoms with Crippen molar-refractivity contribution in [1.82, 2.24) is 4.90 Å². The van der Waals surface area contributed by atoms with Crippen molar-refractivity contribution in [3.8, 4) is 0 Å². The zero-order chi connectivity index (χ0) is 11.0. The van der Waals surface area contributed by atoms with Gasteiger partial charge in [0.2, 0.25) is 0 Å². The summed E-state index contributed by atoms with van der Waals surface area (Å²) in [5, 5.41) is 7.28. The highest BCUT2D eigenvalue weighted by Gasteiger charge is 2.37. The molecular weight excluding hydrogens is 178 g/mol. The van der Waals surface area contributed by atoms with Crippen LogP contribution in [0.25, 0.3) is 0 Å². The predicted molar refractivity (Wildman–Crippen MR) is 57.6 cm³/mol. The Kier molecular flexibility index (Phi) is 2.88. The number of ether oxygens (including phenoxy) is 1. The van der Waals surface area contributed by atoms with Crippen LogP contribution in [0.3, 0.4) is 0 Å². The first-order chi connectivity index (χ1) is 6.20. The van der Waals surface area contributed by atoms with Crippen LogP contribution in [0.5, 0.6) is 0 Å². The lowest BCUT2D eigenvalue weighted by atomic mass is 9.99. The molecule has 0 spiro atoms. The second kappa shape index (κ2) is 3.51. The summed E-state index contributed by atoms with van der Waals surface area (Å²) in [5.74, 6) is 0.221. The summed E-state index contributed by atoms with van der Waals surface area (Å²) >= 11 is 0. The van der Waals surface area contributed by atoms with Crippen LogP contribution in [0.2, 0.25) is 0 Å². The van der Waals surface area contributed by atoms with Gasteiger partial charge in [0.15, 0.2) is 0 Å². The Labute approximate surface area is 85.9 Å². The predicted octanol–water partition coefficient (Wildman–Crippen LogP) is 0.812. The third-order valence-corrected chi connectivity index (χ3v) is 2.16. The number of hydrogen-bond donors (Lipinski definition) is 2. The van der Waals surface area contributed by atoms with Crippen LogP contribution in [-0.2, 0) is 4.74 Å². The first-order valence-electron chi connectivity index (χ1n) is 4.96. The maximum absolute atomic E-state index is 7.28. The molecule has 0 atom stereocenters. The molecule has 0 aliphatic carbocycles. The molecular formula is C10H21N3O. The molecule has 0 radical (unpaired) electrons. The van der Waals surface area contributed by atoms with Gasteiger partial charge in [0.05, 0.1) is 17.7 Å². The molecule has 1 fully saturated rings. The van der Waals surface area contributed by atoms with Gasteiger partial charge in [-0.2, -0.15) is 0 Å². The third-order valence-electron chi connectivity index (χ3n) is 2.16. The highest BCUT2D eigenvalue weighted by molar-refractivity contribution is 5.78. The SMILES string of the molecule is CC1(C)CN(CC(=N)N)CC(C)(C)O1. The summed E-state index contributed by atoms with van der Waals surface area (Å²) in [5.41, 5.74) is 5.09. The Morgan fingerprint density at radius 2 is 1.71 bits per heavy atom. The number of nitrogens with one attached hydrogen (secondary N) is 1. The van der Waals surface area contributed by atoms with Crippen molar-refractivity contribution in [3.05, 3.63) is 0 Å². The molecule has 1 aliphatic rings. The van der Waals surface area contributed by atoms with Gasteiger partial charge < -0.3 is 10.5 Å². The Balaban J connectivity index is 2.66. The fourth-order valence-corrected chi connectivity index (χ4v) is 2.30. The van der Waals surface area contributed by atoms with Crippen LogP contribution in [-0.4, -0.2) is 41.6 Å². The molecule has 0 amide bonds. The second-order valence-corrected chi connectivity index (χ2v) is 5.29. The molecule has 82 valence electrons. The van der Waals surface area contributed by atoms with Gasteiger partial charge in [-0.05, 0) is 27.7 Å². The largest absolute Gasteiger partial charge is 0.387 e. The van der Waals surface area contributed by atoms with E-state index in [1.165, 1.54) is 0 Å². The second-order valence-electron chi connectivity index (χ2n) is 5.29. The highest BCUT2D eigenvalue weighted by atomic mass is 16.5. The van der Waals surface area contributed by atoms with Crippen LogP contribution < -0.4 is 5.73 Å². The molecule has 4 nitrogen and oxygen atoms in total. The normalized spacial score (nSPS) is 26.0. The highest BCUT2D eigenvalue weighted by Crippen LogP contribution is 2.27. The van der Waals surface area contributed by atoms with Crippen molar-refractivity contribution >= 4 is 5.84 Å². The van der Waals surface area contributed by atoms with Gasteiger partial charge in [0, 0.05) is 13.1 Å². The van der Waals surface area contributed by atoms with E-state index in [0.29, 0.717) is 6.54 Å². The van der Waals surface area contributed by atoms with E-state index < -0.39 is 0 Å². The summed E-state index contributed by atoms with van der Waals surface area (Å²) in [4.78, 5) is 2.17. The maximum Gasteiger partial charge on any atom is 0.105 e. The van der Waals surface area contributed by atoms with Crippen molar-refractivity contribution in [2.45, 2.75) is 38.9 Å². The minimum absolute atomic E-state index is 0.156. The molecule has 0 aromatic carbocycles. The smallest absolute Gasteiger partial charge is 0.105 e. The van der Waals surface area contributed by atoms with E-state index in [9.17, 15) is 0 Å². The number of nitrogens with zero attached hydrogens (tertiary/aromatic N) is 1. The molecule has 1 saturated heterocycles. The Morgan fingerprint density at radius 1 is 1.29 bits per heavy atom. The summed E-state index contributed by atoms with van der Waals surface area (Å²) in [6.07, 6.45) is 0. The molecule has 0 bridgehead atoms. The van der Waals surface area contributed by atoms with Gasteiger partial charge in [-0.15, -0.1) is 0 Å². The molecule has 1 heterocycles. The van der Waals surface area contributed by atoms with Crippen molar-refractivity contribution in [2.24, 2.45) is 5.73 Å². The van der Waals surface area contributed by atoms with Crippen molar-refractivity contribution in [2.75, 3.05) is 19.6 Å². The molecule has 4 heteroatoms. The topological polar surface area (TPSA) is 62.3 Å². The van der Waals surface area contributed by atoms with Gasteiger partial charge in [-0.1, -0.05) is 0 Å². The zero-order valence-corrected chi connectivity index (χ0v) is 9.55. The molecule has 1 aliphatic heterocycles. The minimum atomic E-state index is -0.156. The summed E-state index contributed by atoms with van der Waals surface area (Å²) in [6, 6.07) is 0. The first-order valence-corrected chi connectivity index (χ1v) is 4.96. The fourth-order valence-electron chi connectivity index (χ4n) is 2.30. The van der Waals surface area contributed by atoms with Gasteiger partial charge in [0.25, 0.3) is 0 Å². The van der Waals surface area contributed by atoms with Crippen LogP contribution >= 0.6 is 0 Å². The third kappa shape index (κ3) is 3.27. The van der Waals surface area contributed by atoms with Crippen LogP contribution in [0.1, 0.15) is 27.7 Å². The average molecular weight is 199 g/mol.